The number of thioether (sulfide) groups is 1. The minimum Gasteiger partial charge on any atom is -0.363 e. The summed E-state index contributed by atoms with van der Waals surface area (Å²) in [5, 5.41) is 0.928. The third kappa shape index (κ3) is 4.44. The van der Waals surface area contributed by atoms with Crippen LogP contribution in [-0.4, -0.2) is 31.7 Å². The summed E-state index contributed by atoms with van der Waals surface area (Å²) >= 11 is 1.55. The minimum atomic E-state index is 0.410. The SMILES string of the molecule is COCN=C(CN)SC. The fourth-order valence-corrected chi connectivity index (χ4v) is 0.697. The van der Waals surface area contributed by atoms with Crippen LogP contribution in [0, 0.1) is 0 Å². The molecule has 0 saturated heterocycles. The zero-order valence-corrected chi connectivity index (χ0v) is 6.57. The molecule has 54 valence electrons. The predicted octanol–water partition coefficient (Wildman–Crippen LogP) is 0.311. The van der Waals surface area contributed by atoms with E-state index in [9.17, 15) is 0 Å². The molecule has 0 unspecified atom stereocenters. The molecule has 0 aliphatic heterocycles. The first-order valence-corrected chi connectivity index (χ1v) is 3.84. The summed E-state index contributed by atoms with van der Waals surface area (Å²) in [7, 11) is 1.61. The molecule has 0 heterocycles. The van der Waals surface area contributed by atoms with Crippen LogP contribution >= 0.6 is 11.8 Å². The standard InChI is InChI=1S/C5H12N2OS/c1-8-4-7-5(3-6)9-2/h3-4,6H2,1-2H3. The number of hydrogen-bond acceptors (Lipinski definition) is 4. The Kier molecular flexibility index (Phi) is 6.03. The maximum absolute atomic E-state index is 5.32. The second kappa shape index (κ2) is 6.07. The molecule has 0 spiro atoms. The van der Waals surface area contributed by atoms with E-state index in [-0.39, 0.29) is 0 Å². The molecule has 0 atom stereocenters. The van der Waals surface area contributed by atoms with Crippen molar-refractivity contribution in [2.24, 2.45) is 10.7 Å². The Morgan fingerprint density at radius 2 is 2.44 bits per heavy atom. The van der Waals surface area contributed by atoms with Crippen LogP contribution in [-0.2, 0) is 4.74 Å². The Balaban J connectivity index is 3.48. The molecule has 0 aliphatic rings. The fourth-order valence-electron chi connectivity index (χ4n) is 0.349. The van der Waals surface area contributed by atoms with Gasteiger partial charge >= 0.3 is 0 Å². The topological polar surface area (TPSA) is 47.6 Å². The molecule has 9 heavy (non-hydrogen) atoms. The number of nitrogens with zero attached hydrogens (tertiary/aromatic N) is 1. The number of ether oxygens (including phenoxy) is 1. The fraction of sp³-hybridized carbons (Fsp3) is 0.800. The van der Waals surface area contributed by atoms with Crippen molar-refractivity contribution in [1.29, 1.82) is 0 Å². The number of methoxy groups -OCH3 is 1. The first-order valence-electron chi connectivity index (χ1n) is 2.61. The van der Waals surface area contributed by atoms with Crippen molar-refractivity contribution in [3.05, 3.63) is 0 Å². The van der Waals surface area contributed by atoms with Gasteiger partial charge in [0.2, 0.25) is 0 Å². The molecule has 0 fully saturated rings. The Labute approximate surface area is 59.7 Å². The van der Waals surface area contributed by atoms with Crippen LogP contribution < -0.4 is 5.73 Å². The largest absolute Gasteiger partial charge is 0.363 e. The number of aliphatic imine (C=N–C) groups is 1. The molecule has 0 aromatic heterocycles. The molecular weight excluding hydrogens is 136 g/mol. The van der Waals surface area contributed by atoms with E-state index in [1.54, 1.807) is 18.9 Å². The predicted molar refractivity (Wildman–Crippen MR) is 41.9 cm³/mol. The zero-order valence-electron chi connectivity index (χ0n) is 5.76. The minimum absolute atomic E-state index is 0.410. The molecule has 0 bridgehead atoms. The summed E-state index contributed by atoms with van der Waals surface area (Å²) in [6, 6.07) is 0. The smallest absolute Gasteiger partial charge is 0.138 e. The van der Waals surface area contributed by atoms with Crippen molar-refractivity contribution in [1.82, 2.24) is 0 Å². The summed E-state index contributed by atoms with van der Waals surface area (Å²) in [6.45, 7) is 0.915. The van der Waals surface area contributed by atoms with Crippen LogP contribution in [0.1, 0.15) is 0 Å². The van der Waals surface area contributed by atoms with E-state index in [1.165, 1.54) is 0 Å². The first-order chi connectivity index (χ1) is 4.35. The molecule has 0 aromatic rings. The van der Waals surface area contributed by atoms with Crippen molar-refractivity contribution in [2.75, 3.05) is 26.6 Å². The number of hydrogen-bond donors (Lipinski definition) is 1. The van der Waals surface area contributed by atoms with Gasteiger partial charge in [0.05, 0.1) is 5.04 Å². The second-order valence-corrected chi connectivity index (χ2v) is 2.26. The maximum Gasteiger partial charge on any atom is 0.138 e. The second-order valence-electron chi connectivity index (χ2n) is 1.38. The van der Waals surface area contributed by atoms with Gasteiger partial charge in [0.15, 0.2) is 0 Å². The average Bonchev–Trinajstić information content (AvgIpc) is 1.91. The quantitative estimate of drug-likeness (QED) is 0.463. The lowest BCUT2D eigenvalue weighted by Crippen LogP contribution is -2.10. The van der Waals surface area contributed by atoms with Crippen molar-refractivity contribution >= 4 is 16.8 Å². The maximum atomic E-state index is 5.32. The Bertz CT molecular complexity index is 89.0. The van der Waals surface area contributed by atoms with Gasteiger partial charge in [-0.15, -0.1) is 11.8 Å². The highest BCUT2D eigenvalue weighted by molar-refractivity contribution is 8.13. The third-order valence-corrected chi connectivity index (χ3v) is 1.55. The molecule has 0 aliphatic carbocycles. The highest BCUT2D eigenvalue weighted by atomic mass is 32.2. The number of rotatable bonds is 3. The van der Waals surface area contributed by atoms with Gasteiger partial charge in [-0.3, -0.25) is 4.99 Å². The van der Waals surface area contributed by atoms with E-state index in [4.69, 9.17) is 10.5 Å². The molecule has 2 N–H and O–H groups in total. The average molecular weight is 148 g/mol. The first kappa shape index (κ1) is 8.94. The lowest BCUT2D eigenvalue weighted by Gasteiger charge is -1.96. The molecule has 0 radical (unpaired) electrons. The molecule has 0 rings (SSSR count). The van der Waals surface area contributed by atoms with Crippen LogP contribution in [0.25, 0.3) is 0 Å². The van der Waals surface area contributed by atoms with E-state index in [0.717, 1.165) is 5.04 Å². The van der Waals surface area contributed by atoms with Gasteiger partial charge in [0.1, 0.15) is 6.73 Å². The molecule has 4 heteroatoms. The summed E-state index contributed by atoms with van der Waals surface area (Å²) in [4.78, 5) is 4.01. The van der Waals surface area contributed by atoms with Gasteiger partial charge in [-0.25, -0.2) is 0 Å². The summed E-state index contributed by atoms with van der Waals surface area (Å²) < 4.78 is 4.72. The van der Waals surface area contributed by atoms with Gasteiger partial charge in [-0.1, -0.05) is 0 Å². The van der Waals surface area contributed by atoms with Crippen molar-refractivity contribution < 1.29 is 4.74 Å². The lowest BCUT2D eigenvalue weighted by atomic mass is 10.7. The van der Waals surface area contributed by atoms with Crippen LogP contribution in [0.2, 0.25) is 0 Å². The summed E-state index contributed by atoms with van der Waals surface area (Å²) in [5.74, 6) is 0. The van der Waals surface area contributed by atoms with Crippen molar-refractivity contribution in [2.45, 2.75) is 0 Å². The van der Waals surface area contributed by atoms with Gasteiger partial charge in [0.25, 0.3) is 0 Å². The van der Waals surface area contributed by atoms with E-state index < -0.39 is 0 Å². The molecule has 3 nitrogen and oxygen atoms in total. The third-order valence-electron chi connectivity index (χ3n) is 0.780. The number of nitrogens with two attached hydrogens (primary N) is 1. The molecular formula is C5H12N2OS. The van der Waals surface area contributed by atoms with Crippen molar-refractivity contribution in [3.8, 4) is 0 Å². The van der Waals surface area contributed by atoms with E-state index in [0.29, 0.717) is 13.3 Å². The van der Waals surface area contributed by atoms with E-state index in [1.807, 2.05) is 6.26 Å². The van der Waals surface area contributed by atoms with Gasteiger partial charge < -0.3 is 10.5 Å². The van der Waals surface area contributed by atoms with Gasteiger partial charge in [-0.05, 0) is 6.26 Å². The monoisotopic (exact) mass is 148 g/mol. The molecule has 0 aromatic carbocycles. The van der Waals surface area contributed by atoms with Gasteiger partial charge in [0, 0.05) is 13.7 Å². The highest BCUT2D eigenvalue weighted by Crippen LogP contribution is 1.95. The van der Waals surface area contributed by atoms with Crippen LogP contribution in [0.4, 0.5) is 0 Å². The van der Waals surface area contributed by atoms with E-state index >= 15 is 0 Å². The van der Waals surface area contributed by atoms with Crippen LogP contribution in [0.3, 0.4) is 0 Å². The highest BCUT2D eigenvalue weighted by Gasteiger charge is 1.89. The molecule has 0 saturated carbocycles. The lowest BCUT2D eigenvalue weighted by molar-refractivity contribution is 0.209. The zero-order chi connectivity index (χ0) is 7.11. The van der Waals surface area contributed by atoms with E-state index in [2.05, 4.69) is 4.99 Å². The Morgan fingerprint density at radius 1 is 1.78 bits per heavy atom. The Morgan fingerprint density at radius 3 is 2.78 bits per heavy atom. The van der Waals surface area contributed by atoms with Crippen molar-refractivity contribution in [3.63, 3.8) is 0 Å². The van der Waals surface area contributed by atoms with Crippen LogP contribution in [0.5, 0.6) is 0 Å². The van der Waals surface area contributed by atoms with Gasteiger partial charge in [-0.2, -0.15) is 0 Å². The Hall–Kier alpha value is -0.0600. The normalized spacial score (nSPS) is 12.1. The summed E-state index contributed by atoms with van der Waals surface area (Å²) in [6.07, 6.45) is 1.95. The molecule has 0 amide bonds. The summed E-state index contributed by atoms with van der Waals surface area (Å²) in [5.41, 5.74) is 5.32. The van der Waals surface area contributed by atoms with Crippen LogP contribution in [0.15, 0.2) is 4.99 Å².